The third kappa shape index (κ3) is 3.59. The fourth-order valence-corrected chi connectivity index (χ4v) is 4.48. The molecule has 5 heteroatoms. The Balaban J connectivity index is 1.39. The summed E-state index contributed by atoms with van der Waals surface area (Å²) >= 11 is 0. The molecule has 1 spiro atoms. The molecule has 2 saturated heterocycles. The van der Waals surface area contributed by atoms with E-state index in [2.05, 4.69) is 40.7 Å². The zero-order valence-electron chi connectivity index (χ0n) is 15.1. The maximum absolute atomic E-state index is 12.7. The molecule has 3 fully saturated rings. The van der Waals surface area contributed by atoms with Gasteiger partial charge in [0, 0.05) is 30.7 Å². The van der Waals surface area contributed by atoms with Crippen molar-refractivity contribution in [1.29, 1.82) is 0 Å². The van der Waals surface area contributed by atoms with Crippen LogP contribution in [0.25, 0.3) is 0 Å². The van der Waals surface area contributed by atoms with E-state index in [4.69, 9.17) is 4.74 Å². The quantitative estimate of drug-likeness (QED) is 0.881. The fraction of sp³-hybridized carbons (Fsp3) is 0.650. The Morgan fingerprint density at radius 1 is 1.32 bits per heavy atom. The first-order valence-corrected chi connectivity index (χ1v) is 9.61. The van der Waals surface area contributed by atoms with Gasteiger partial charge in [0.2, 0.25) is 5.91 Å². The first-order valence-electron chi connectivity index (χ1n) is 9.61. The molecule has 2 N–H and O–H groups in total. The highest BCUT2D eigenvalue weighted by Crippen LogP contribution is 2.58. The number of anilines is 1. The number of hydrogen-bond donors (Lipinski definition) is 2. The van der Waals surface area contributed by atoms with E-state index in [9.17, 15) is 4.79 Å². The van der Waals surface area contributed by atoms with Gasteiger partial charge in [0.25, 0.3) is 0 Å². The minimum atomic E-state index is 0.204. The van der Waals surface area contributed by atoms with Crippen LogP contribution >= 0.6 is 0 Å². The van der Waals surface area contributed by atoms with Crippen molar-refractivity contribution in [2.75, 3.05) is 44.7 Å². The monoisotopic (exact) mass is 343 g/mol. The van der Waals surface area contributed by atoms with Gasteiger partial charge < -0.3 is 15.4 Å². The van der Waals surface area contributed by atoms with E-state index >= 15 is 0 Å². The van der Waals surface area contributed by atoms with Crippen molar-refractivity contribution < 1.29 is 9.53 Å². The molecule has 3 aliphatic rings. The smallest absolute Gasteiger partial charge is 0.228 e. The summed E-state index contributed by atoms with van der Waals surface area (Å²) in [4.78, 5) is 15.1. The van der Waals surface area contributed by atoms with Crippen LogP contribution < -0.4 is 10.6 Å². The van der Waals surface area contributed by atoms with Gasteiger partial charge in [-0.05, 0) is 62.4 Å². The summed E-state index contributed by atoms with van der Waals surface area (Å²) < 4.78 is 5.45. The number of ether oxygens (including phenoxy) is 1. The largest absolute Gasteiger partial charge is 0.379 e. The number of benzene rings is 1. The molecule has 1 saturated carbocycles. The lowest BCUT2D eigenvalue weighted by molar-refractivity contribution is -0.118. The van der Waals surface area contributed by atoms with Crippen LogP contribution in [0.15, 0.2) is 24.3 Å². The van der Waals surface area contributed by atoms with E-state index in [1.807, 2.05) is 6.07 Å². The highest BCUT2D eigenvalue weighted by Gasteiger charge is 2.57. The summed E-state index contributed by atoms with van der Waals surface area (Å²) in [7, 11) is 0. The van der Waals surface area contributed by atoms with Crippen molar-refractivity contribution in [3.63, 3.8) is 0 Å². The fourth-order valence-electron chi connectivity index (χ4n) is 4.48. The predicted octanol–water partition coefficient (Wildman–Crippen LogP) is 2.41. The zero-order valence-corrected chi connectivity index (χ0v) is 15.1. The molecule has 1 aromatic carbocycles. The summed E-state index contributed by atoms with van der Waals surface area (Å²) in [5.74, 6) is 0.410. The second kappa shape index (κ2) is 7.06. The second-order valence-electron chi connectivity index (χ2n) is 7.81. The van der Waals surface area contributed by atoms with Gasteiger partial charge in [0.05, 0.1) is 13.2 Å². The van der Waals surface area contributed by atoms with E-state index in [0.717, 1.165) is 64.3 Å². The van der Waals surface area contributed by atoms with Gasteiger partial charge in [-0.15, -0.1) is 0 Å². The van der Waals surface area contributed by atoms with Crippen LogP contribution in [0, 0.1) is 11.3 Å². The van der Waals surface area contributed by atoms with Crippen molar-refractivity contribution in [2.45, 2.75) is 32.2 Å². The van der Waals surface area contributed by atoms with Crippen molar-refractivity contribution >= 4 is 11.6 Å². The van der Waals surface area contributed by atoms with Crippen molar-refractivity contribution in [2.24, 2.45) is 11.3 Å². The molecule has 136 valence electrons. The van der Waals surface area contributed by atoms with E-state index in [0.29, 0.717) is 6.04 Å². The van der Waals surface area contributed by atoms with Gasteiger partial charge in [-0.2, -0.15) is 0 Å². The molecule has 0 bridgehead atoms. The van der Waals surface area contributed by atoms with Crippen LogP contribution in [0.3, 0.4) is 0 Å². The van der Waals surface area contributed by atoms with Crippen molar-refractivity contribution in [3.8, 4) is 0 Å². The maximum Gasteiger partial charge on any atom is 0.228 e. The standard InChI is InChI=1S/C20H29N3O2/c1-15(23-9-11-25-12-10-23)16-3-2-4-17(13-16)22-19(24)18-14-20(18)5-7-21-8-6-20/h2-4,13,15,18,21H,5-12,14H2,1H3,(H,22,24). The molecule has 25 heavy (non-hydrogen) atoms. The molecule has 1 aromatic rings. The first-order chi connectivity index (χ1) is 12.2. The number of carbonyl (C=O) groups excluding carboxylic acids is 1. The van der Waals surface area contributed by atoms with Gasteiger partial charge >= 0.3 is 0 Å². The zero-order chi connectivity index (χ0) is 17.3. The molecule has 0 radical (unpaired) electrons. The highest BCUT2D eigenvalue weighted by molar-refractivity contribution is 5.95. The van der Waals surface area contributed by atoms with Crippen LogP contribution in [0.2, 0.25) is 0 Å². The van der Waals surface area contributed by atoms with Crippen LogP contribution in [-0.2, 0) is 9.53 Å². The predicted molar refractivity (Wildman–Crippen MR) is 98.5 cm³/mol. The third-order valence-electron chi connectivity index (χ3n) is 6.34. The van der Waals surface area contributed by atoms with Gasteiger partial charge in [-0.1, -0.05) is 12.1 Å². The average molecular weight is 343 g/mol. The van der Waals surface area contributed by atoms with E-state index in [-0.39, 0.29) is 17.2 Å². The summed E-state index contributed by atoms with van der Waals surface area (Å²) in [5, 5.41) is 6.57. The van der Waals surface area contributed by atoms with Crippen molar-refractivity contribution in [1.82, 2.24) is 10.2 Å². The van der Waals surface area contributed by atoms with Gasteiger partial charge in [0.15, 0.2) is 0 Å². The lowest BCUT2D eigenvalue weighted by Crippen LogP contribution is -2.38. The molecule has 1 aliphatic carbocycles. The lowest BCUT2D eigenvalue weighted by Gasteiger charge is -2.32. The molecule has 0 aromatic heterocycles. The molecule has 2 atom stereocenters. The number of morpholine rings is 1. The van der Waals surface area contributed by atoms with E-state index in [1.54, 1.807) is 0 Å². The molecular formula is C20H29N3O2. The number of piperidine rings is 1. The minimum absolute atomic E-state index is 0.204. The van der Waals surface area contributed by atoms with Crippen LogP contribution in [0.5, 0.6) is 0 Å². The Bertz CT molecular complexity index is 621. The summed E-state index contributed by atoms with van der Waals surface area (Å²) in [6, 6.07) is 8.69. The van der Waals surface area contributed by atoms with Gasteiger partial charge in [0.1, 0.15) is 0 Å². The van der Waals surface area contributed by atoms with E-state index in [1.165, 1.54) is 5.56 Å². The van der Waals surface area contributed by atoms with Gasteiger partial charge in [-0.3, -0.25) is 9.69 Å². The summed E-state index contributed by atoms with van der Waals surface area (Å²) in [5.41, 5.74) is 2.47. The average Bonchev–Trinajstić information content (AvgIpc) is 3.35. The first kappa shape index (κ1) is 17.0. The molecule has 2 heterocycles. The third-order valence-corrected chi connectivity index (χ3v) is 6.34. The Morgan fingerprint density at radius 2 is 2.08 bits per heavy atom. The molecule has 5 nitrogen and oxygen atoms in total. The maximum atomic E-state index is 12.7. The second-order valence-corrected chi connectivity index (χ2v) is 7.81. The minimum Gasteiger partial charge on any atom is -0.379 e. The molecular weight excluding hydrogens is 314 g/mol. The molecule has 2 unspecified atom stereocenters. The van der Waals surface area contributed by atoms with Crippen molar-refractivity contribution in [3.05, 3.63) is 29.8 Å². The van der Waals surface area contributed by atoms with Crippen LogP contribution in [-0.4, -0.2) is 50.2 Å². The molecule has 2 aliphatic heterocycles. The molecule has 1 amide bonds. The Kier molecular flexibility index (Phi) is 4.80. The number of nitrogens with zero attached hydrogens (tertiary/aromatic N) is 1. The highest BCUT2D eigenvalue weighted by atomic mass is 16.5. The topological polar surface area (TPSA) is 53.6 Å². The number of hydrogen-bond acceptors (Lipinski definition) is 4. The van der Waals surface area contributed by atoms with Crippen LogP contribution in [0.1, 0.15) is 37.8 Å². The summed E-state index contributed by atoms with van der Waals surface area (Å²) in [6.07, 6.45) is 3.34. The number of carbonyl (C=O) groups is 1. The lowest BCUT2D eigenvalue weighted by atomic mass is 9.92. The summed E-state index contributed by atoms with van der Waals surface area (Å²) in [6.45, 7) is 7.88. The SMILES string of the molecule is CC(c1cccc(NC(=O)C2CC23CCNCC3)c1)N1CCOCC1. The van der Waals surface area contributed by atoms with Crippen LogP contribution in [0.4, 0.5) is 5.69 Å². The Hall–Kier alpha value is -1.43. The number of amides is 1. The normalized spacial score (nSPS) is 27.0. The van der Waals surface area contributed by atoms with Gasteiger partial charge in [-0.25, -0.2) is 0 Å². The Labute approximate surface area is 150 Å². The number of nitrogens with one attached hydrogen (secondary N) is 2. The number of rotatable bonds is 4. The van der Waals surface area contributed by atoms with E-state index < -0.39 is 0 Å². The molecule has 4 rings (SSSR count). The Morgan fingerprint density at radius 3 is 2.84 bits per heavy atom.